The number of urea groups is 1. The molecule has 0 spiro atoms. The molecule has 24 heavy (non-hydrogen) atoms. The van der Waals surface area contributed by atoms with E-state index in [0.717, 1.165) is 22.5 Å². The molecule has 2 rings (SSSR count). The first-order chi connectivity index (χ1) is 11.4. The molecule has 0 aliphatic carbocycles. The third-order valence-electron chi connectivity index (χ3n) is 4.24. The number of aromatic nitrogens is 2. The van der Waals surface area contributed by atoms with Crippen molar-refractivity contribution in [2.75, 3.05) is 6.61 Å². The van der Waals surface area contributed by atoms with E-state index in [9.17, 15) is 9.90 Å². The summed E-state index contributed by atoms with van der Waals surface area (Å²) in [6.45, 7) is 5.82. The molecule has 1 aromatic carbocycles. The summed E-state index contributed by atoms with van der Waals surface area (Å²) < 4.78 is 1.86. The highest BCUT2D eigenvalue weighted by Gasteiger charge is 2.17. The third kappa shape index (κ3) is 4.35. The average molecular weight is 330 g/mol. The lowest BCUT2D eigenvalue weighted by Crippen LogP contribution is -2.44. The van der Waals surface area contributed by atoms with Crippen molar-refractivity contribution in [3.05, 3.63) is 52.8 Å². The van der Waals surface area contributed by atoms with E-state index in [4.69, 9.17) is 0 Å². The van der Waals surface area contributed by atoms with Gasteiger partial charge < -0.3 is 15.7 Å². The van der Waals surface area contributed by atoms with Gasteiger partial charge in [-0.1, -0.05) is 30.3 Å². The van der Waals surface area contributed by atoms with Crippen LogP contribution in [0.2, 0.25) is 0 Å². The van der Waals surface area contributed by atoms with Gasteiger partial charge in [-0.05, 0) is 38.3 Å². The fourth-order valence-electron chi connectivity index (χ4n) is 2.81. The van der Waals surface area contributed by atoms with E-state index in [1.54, 1.807) is 0 Å². The number of aliphatic hydroxyl groups is 1. The minimum Gasteiger partial charge on any atom is -0.394 e. The van der Waals surface area contributed by atoms with Gasteiger partial charge >= 0.3 is 6.03 Å². The first kappa shape index (κ1) is 18.0. The van der Waals surface area contributed by atoms with Gasteiger partial charge in [0, 0.05) is 18.8 Å². The van der Waals surface area contributed by atoms with Gasteiger partial charge in [0.15, 0.2) is 0 Å². The molecule has 0 radical (unpaired) electrons. The number of hydrogen-bond acceptors (Lipinski definition) is 3. The van der Waals surface area contributed by atoms with Crippen LogP contribution in [0.4, 0.5) is 4.79 Å². The summed E-state index contributed by atoms with van der Waals surface area (Å²) in [6.07, 6.45) is 0.716. The molecule has 6 nitrogen and oxygen atoms in total. The van der Waals surface area contributed by atoms with Crippen molar-refractivity contribution in [3.8, 4) is 0 Å². The Labute approximate surface area is 142 Å². The smallest absolute Gasteiger partial charge is 0.315 e. The highest BCUT2D eigenvalue weighted by molar-refractivity contribution is 5.74. The predicted octanol–water partition coefficient (Wildman–Crippen LogP) is 2.00. The normalized spacial score (nSPS) is 13.4. The number of aliphatic hydroxyl groups excluding tert-OH is 1. The Balaban J connectivity index is 1.93. The molecule has 2 atom stereocenters. The Bertz CT molecular complexity index is 682. The summed E-state index contributed by atoms with van der Waals surface area (Å²) >= 11 is 0. The highest BCUT2D eigenvalue weighted by atomic mass is 16.3. The van der Waals surface area contributed by atoms with Crippen LogP contribution >= 0.6 is 0 Å². The van der Waals surface area contributed by atoms with Crippen molar-refractivity contribution < 1.29 is 9.90 Å². The summed E-state index contributed by atoms with van der Waals surface area (Å²) in [5.74, 6) is 0. The predicted molar refractivity (Wildman–Crippen MR) is 93.8 cm³/mol. The molecule has 0 aliphatic rings. The lowest BCUT2D eigenvalue weighted by Gasteiger charge is -2.20. The molecule has 3 N–H and O–H groups in total. The highest BCUT2D eigenvalue weighted by Crippen LogP contribution is 2.14. The van der Waals surface area contributed by atoms with Crippen LogP contribution in [0.1, 0.15) is 35.5 Å². The summed E-state index contributed by atoms with van der Waals surface area (Å²) in [7, 11) is 1.92. The minimum atomic E-state index is -0.416. The van der Waals surface area contributed by atoms with Crippen LogP contribution in [0.5, 0.6) is 0 Å². The topological polar surface area (TPSA) is 79.2 Å². The number of carbonyl (C=O) groups is 1. The summed E-state index contributed by atoms with van der Waals surface area (Å²) in [5, 5.41) is 19.7. The van der Waals surface area contributed by atoms with Crippen molar-refractivity contribution in [1.29, 1.82) is 0 Å². The van der Waals surface area contributed by atoms with Crippen LogP contribution in [0, 0.1) is 13.8 Å². The van der Waals surface area contributed by atoms with Crippen LogP contribution in [-0.2, 0) is 13.5 Å². The number of nitrogens with one attached hydrogen (secondary N) is 2. The second-order valence-corrected chi connectivity index (χ2v) is 6.14. The Morgan fingerprint density at radius 1 is 1.25 bits per heavy atom. The monoisotopic (exact) mass is 330 g/mol. The van der Waals surface area contributed by atoms with E-state index < -0.39 is 6.04 Å². The zero-order valence-electron chi connectivity index (χ0n) is 14.7. The third-order valence-corrected chi connectivity index (χ3v) is 4.24. The molecule has 0 fully saturated rings. The fraction of sp³-hybridized carbons (Fsp3) is 0.444. The van der Waals surface area contributed by atoms with Crippen LogP contribution in [-0.4, -0.2) is 33.6 Å². The van der Waals surface area contributed by atoms with Crippen LogP contribution in [0.25, 0.3) is 0 Å². The Morgan fingerprint density at radius 2 is 1.92 bits per heavy atom. The van der Waals surface area contributed by atoms with Gasteiger partial charge in [0.25, 0.3) is 0 Å². The molecular weight excluding hydrogens is 304 g/mol. The maximum atomic E-state index is 12.2. The lowest BCUT2D eigenvalue weighted by molar-refractivity contribution is 0.214. The standard InChI is InChI=1S/C18H26N4O2/c1-12(10-16-13(2)21-22(4)14(16)3)19-18(24)20-17(11-23)15-8-6-5-7-9-15/h5-9,12,17,23H,10-11H2,1-4H3,(H2,19,20,24)/t12-,17-/m1/s1. The van der Waals surface area contributed by atoms with Crippen molar-refractivity contribution in [3.63, 3.8) is 0 Å². The molecule has 130 valence electrons. The van der Waals surface area contributed by atoms with Crippen molar-refractivity contribution in [1.82, 2.24) is 20.4 Å². The Morgan fingerprint density at radius 3 is 2.46 bits per heavy atom. The zero-order chi connectivity index (χ0) is 17.7. The number of aryl methyl sites for hydroxylation is 2. The number of carbonyl (C=O) groups excluding carboxylic acids is 1. The molecule has 0 saturated heterocycles. The second kappa shape index (κ2) is 7.97. The molecular formula is C18H26N4O2. The van der Waals surface area contributed by atoms with Crippen molar-refractivity contribution in [2.24, 2.45) is 7.05 Å². The van der Waals surface area contributed by atoms with E-state index in [1.807, 2.05) is 62.8 Å². The van der Waals surface area contributed by atoms with Gasteiger partial charge in [-0.2, -0.15) is 5.10 Å². The maximum absolute atomic E-state index is 12.2. The maximum Gasteiger partial charge on any atom is 0.315 e. The molecule has 0 bridgehead atoms. The first-order valence-corrected chi connectivity index (χ1v) is 8.14. The molecule has 0 aliphatic heterocycles. The largest absolute Gasteiger partial charge is 0.394 e. The van der Waals surface area contributed by atoms with Gasteiger partial charge in [0.2, 0.25) is 0 Å². The minimum absolute atomic E-state index is 0.0401. The van der Waals surface area contributed by atoms with Crippen LogP contribution in [0.3, 0.4) is 0 Å². The SMILES string of the molecule is Cc1nn(C)c(C)c1C[C@@H](C)NC(=O)N[C@H](CO)c1ccccc1. The molecule has 0 unspecified atom stereocenters. The van der Waals surface area contributed by atoms with E-state index >= 15 is 0 Å². The molecule has 1 aromatic heterocycles. The van der Waals surface area contributed by atoms with E-state index in [-0.39, 0.29) is 18.7 Å². The number of hydrogen-bond donors (Lipinski definition) is 3. The zero-order valence-corrected chi connectivity index (χ0v) is 14.7. The first-order valence-electron chi connectivity index (χ1n) is 8.14. The van der Waals surface area contributed by atoms with Gasteiger partial charge in [0.1, 0.15) is 0 Å². The molecule has 2 amide bonds. The number of benzene rings is 1. The van der Waals surface area contributed by atoms with Crippen LogP contribution in [0.15, 0.2) is 30.3 Å². The quantitative estimate of drug-likeness (QED) is 0.758. The fourth-order valence-corrected chi connectivity index (χ4v) is 2.81. The van der Waals surface area contributed by atoms with Crippen molar-refractivity contribution >= 4 is 6.03 Å². The summed E-state index contributed by atoms with van der Waals surface area (Å²) in [5.41, 5.74) is 4.13. The average Bonchev–Trinajstić information content (AvgIpc) is 2.79. The van der Waals surface area contributed by atoms with Crippen molar-refractivity contribution in [2.45, 2.75) is 39.3 Å². The summed E-state index contributed by atoms with van der Waals surface area (Å²) in [6, 6.07) is 8.69. The number of amides is 2. The van der Waals surface area contributed by atoms with Gasteiger partial charge in [-0.3, -0.25) is 4.68 Å². The number of rotatable bonds is 6. The van der Waals surface area contributed by atoms with Gasteiger partial charge in [0.05, 0.1) is 18.3 Å². The second-order valence-electron chi connectivity index (χ2n) is 6.14. The van der Waals surface area contributed by atoms with E-state index in [2.05, 4.69) is 15.7 Å². The lowest BCUT2D eigenvalue weighted by atomic mass is 10.1. The molecule has 2 aromatic rings. The van der Waals surface area contributed by atoms with E-state index in [0.29, 0.717) is 6.42 Å². The number of nitrogens with zero attached hydrogens (tertiary/aromatic N) is 2. The van der Waals surface area contributed by atoms with Crippen LogP contribution < -0.4 is 10.6 Å². The summed E-state index contributed by atoms with van der Waals surface area (Å²) in [4.78, 5) is 12.2. The van der Waals surface area contributed by atoms with Gasteiger partial charge in [-0.25, -0.2) is 4.79 Å². The van der Waals surface area contributed by atoms with E-state index in [1.165, 1.54) is 0 Å². The Kier molecular flexibility index (Phi) is 5.98. The molecule has 1 heterocycles. The molecule has 0 saturated carbocycles. The Hall–Kier alpha value is -2.34. The molecule has 6 heteroatoms. The van der Waals surface area contributed by atoms with Gasteiger partial charge in [-0.15, -0.1) is 0 Å².